The molecule has 0 unspecified atom stereocenters. The summed E-state index contributed by atoms with van der Waals surface area (Å²) in [5.41, 5.74) is 1.14. The van der Waals surface area contributed by atoms with E-state index in [2.05, 4.69) is 19.2 Å². The summed E-state index contributed by atoms with van der Waals surface area (Å²) in [6.07, 6.45) is -3.51. The summed E-state index contributed by atoms with van der Waals surface area (Å²) in [4.78, 5) is 47.1. The molecule has 1 aromatic rings. The lowest BCUT2D eigenvalue weighted by Crippen LogP contribution is -2.67. The molecule has 0 radical (unpaired) electrons. The van der Waals surface area contributed by atoms with Crippen LogP contribution in [0.4, 0.5) is 0 Å². The SMILES string of the molecule is CC[C@@H](C)c1ccc(O[C@@H]2O[C@@H](COC(C)=O)[C@@H](OC(C)=O)[C@@H](OC(C)=O)[C@H]2NC(C)=O)cc1. The molecule has 0 bridgehead atoms. The number of nitrogens with one attached hydrogen (secondary N) is 1. The van der Waals surface area contributed by atoms with E-state index in [1.165, 1.54) is 27.7 Å². The van der Waals surface area contributed by atoms with E-state index in [9.17, 15) is 19.2 Å². The number of benzene rings is 1. The van der Waals surface area contributed by atoms with Gasteiger partial charge in [0.2, 0.25) is 12.2 Å². The highest BCUT2D eigenvalue weighted by Gasteiger charge is 2.51. The van der Waals surface area contributed by atoms with E-state index in [1.807, 2.05) is 12.1 Å². The normalized spacial score (nSPS) is 24.9. The third-order valence-electron chi connectivity index (χ3n) is 5.38. The molecule has 10 nitrogen and oxygen atoms in total. The molecule has 0 saturated carbocycles. The minimum absolute atomic E-state index is 0.287. The molecular weight excluding hydrogens is 446 g/mol. The van der Waals surface area contributed by atoms with Crippen molar-refractivity contribution in [2.45, 2.75) is 84.5 Å². The Bertz CT molecular complexity index is 870. The minimum Gasteiger partial charge on any atom is -0.463 e. The van der Waals surface area contributed by atoms with Gasteiger partial charge in [-0.05, 0) is 30.0 Å². The van der Waals surface area contributed by atoms with Crippen LogP contribution in [0.25, 0.3) is 0 Å². The monoisotopic (exact) mass is 479 g/mol. The zero-order valence-corrected chi connectivity index (χ0v) is 20.4. The Morgan fingerprint density at radius 3 is 2.03 bits per heavy atom. The van der Waals surface area contributed by atoms with Crippen LogP contribution in [0.2, 0.25) is 0 Å². The Morgan fingerprint density at radius 2 is 1.53 bits per heavy atom. The maximum atomic E-state index is 12.0. The maximum Gasteiger partial charge on any atom is 0.303 e. The van der Waals surface area contributed by atoms with Crippen molar-refractivity contribution in [3.8, 4) is 5.75 Å². The lowest BCUT2D eigenvalue weighted by Gasteiger charge is -2.44. The zero-order valence-electron chi connectivity index (χ0n) is 20.4. The average Bonchev–Trinajstić information content (AvgIpc) is 2.75. The molecular formula is C24H33NO9. The van der Waals surface area contributed by atoms with E-state index in [4.69, 9.17) is 23.7 Å². The van der Waals surface area contributed by atoms with Crippen LogP contribution in [0, 0.1) is 0 Å². The fraction of sp³-hybridized carbons (Fsp3) is 0.583. The molecule has 0 aromatic heterocycles. The second kappa shape index (κ2) is 12.4. The van der Waals surface area contributed by atoms with E-state index in [-0.39, 0.29) is 6.61 Å². The summed E-state index contributed by atoms with van der Waals surface area (Å²) >= 11 is 0. The Kier molecular flexibility index (Phi) is 9.85. The van der Waals surface area contributed by atoms with Gasteiger partial charge in [0.05, 0.1) is 0 Å². The molecule has 1 amide bonds. The van der Waals surface area contributed by atoms with E-state index >= 15 is 0 Å². The fourth-order valence-electron chi connectivity index (χ4n) is 3.64. The maximum absolute atomic E-state index is 12.0. The third kappa shape index (κ3) is 7.72. The van der Waals surface area contributed by atoms with Crippen molar-refractivity contribution in [3.63, 3.8) is 0 Å². The van der Waals surface area contributed by atoms with E-state index in [0.29, 0.717) is 11.7 Å². The van der Waals surface area contributed by atoms with Gasteiger partial charge in [-0.15, -0.1) is 0 Å². The topological polar surface area (TPSA) is 126 Å². The first kappa shape index (κ1) is 27.1. The van der Waals surface area contributed by atoms with Gasteiger partial charge in [0.1, 0.15) is 24.5 Å². The predicted molar refractivity (Wildman–Crippen MR) is 120 cm³/mol. The van der Waals surface area contributed by atoms with Crippen molar-refractivity contribution in [1.82, 2.24) is 5.32 Å². The second-order valence-corrected chi connectivity index (χ2v) is 8.22. The lowest BCUT2D eigenvalue weighted by molar-refractivity contribution is -0.257. The summed E-state index contributed by atoms with van der Waals surface area (Å²) in [5, 5.41) is 2.67. The van der Waals surface area contributed by atoms with Crippen molar-refractivity contribution in [3.05, 3.63) is 29.8 Å². The van der Waals surface area contributed by atoms with Gasteiger partial charge < -0.3 is 29.0 Å². The van der Waals surface area contributed by atoms with Gasteiger partial charge in [-0.25, -0.2) is 0 Å². The van der Waals surface area contributed by atoms with Crippen LogP contribution >= 0.6 is 0 Å². The largest absolute Gasteiger partial charge is 0.463 e. The summed E-state index contributed by atoms with van der Waals surface area (Å²) < 4.78 is 27.9. The number of rotatable bonds is 9. The predicted octanol–water partition coefficient (Wildman–Crippen LogP) is 2.23. The highest BCUT2D eigenvalue weighted by Crippen LogP contribution is 2.30. The molecule has 188 valence electrons. The van der Waals surface area contributed by atoms with Gasteiger partial charge in [-0.1, -0.05) is 26.0 Å². The van der Waals surface area contributed by atoms with Crippen LogP contribution in [0.5, 0.6) is 5.75 Å². The highest BCUT2D eigenvalue weighted by molar-refractivity contribution is 5.73. The average molecular weight is 480 g/mol. The molecule has 1 aromatic carbocycles. The number of carbonyl (C=O) groups excluding carboxylic acids is 4. The van der Waals surface area contributed by atoms with Gasteiger partial charge in [-0.2, -0.15) is 0 Å². The first-order valence-corrected chi connectivity index (χ1v) is 11.2. The van der Waals surface area contributed by atoms with Crippen LogP contribution in [-0.4, -0.2) is 61.1 Å². The second-order valence-electron chi connectivity index (χ2n) is 8.22. The number of ether oxygens (including phenoxy) is 5. The quantitative estimate of drug-likeness (QED) is 0.419. The fourth-order valence-corrected chi connectivity index (χ4v) is 3.64. The number of hydrogen-bond donors (Lipinski definition) is 1. The molecule has 1 N–H and O–H groups in total. The van der Waals surface area contributed by atoms with Gasteiger partial charge >= 0.3 is 17.9 Å². The summed E-state index contributed by atoms with van der Waals surface area (Å²) in [7, 11) is 0. The molecule has 10 heteroatoms. The number of esters is 3. The molecule has 0 spiro atoms. The number of hydrogen-bond acceptors (Lipinski definition) is 9. The molecule has 6 atom stereocenters. The van der Waals surface area contributed by atoms with E-state index < -0.39 is 54.5 Å². The van der Waals surface area contributed by atoms with Crippen LogP contribution in [-0.2, 0) is 38.1 Å². The molecule has 0 aliphatic carbocycles. The van der Waals surface area contributed by atoms with E-state index in [0.717, 1.165) is 12.0 Å². The smallest absolute Gasteiger partial charge is 0.303 e. The number of amides is 1. The summed E-state index contributed by atoms with van der Waals surface area (Å²) in [6.45, 7) is 8.81. The minimum atomic E-state index is -1.16. The van der Waals surface area contributed by atoms with Crippen molar-refractivity contribution in [2.24, 2.45) is 0 Å². The lowest BCUT2D eigenvalue weighted by atomic mass is 9.96. The summed E-state index contributed by atoms with van der Waals surface area (Å²) in [5.74, 6) is -1.52. The molecule has 34 heavy (non-hydrogen) atoms. The van der Waals surface area contributed by atoms with Gasteiger partial charge in [-0.3, -0.25) is 19.2 Å². The molecule has 1 saturated heterocycles. The highest BCUT2D eigenvalue weighted by atomic mass is 16.7. The summed E-state index contributed by atoms with van der Waals surface area (Å²) in [6, 6.07) is 6.39. The van der Waals surface area contributed by atoms with Crippen LogP contribution in [0.1, 0.15) is 59.4 Å². The molecule has 1 heterocycles. The van der Waals surface area contributed by atoms with Crippen LogP contribution < -0.4 is 10.1 Å². The molecule has 1 aliphatic rings. The third-order valence-corrected chi connectivity index (χ3v) is 5.38. The Hall–Kier alpha value is -3.14. The number of carbonyl (C=O) groups is 4. The molecule has 1 aliphatic heterocycles. The molecule has 1 fully saturated rings. The Balaban J connectivity index is 2.41. The van der Waals surface area contributed by atoms with Crippen molar-refractivity contribution < 1.29 is 42.9 Å². The first-order valence-electron chi connectivity index (χ1n) is 11.2. The molecule has 2 rings (SSSR count). The Morgan fingerprint density at radius 1 is 0.941 bits per heavy atom. The van der Waals surface area contributed by atoms with Gasteiger partial charge in [0.15, 0.2) is 12.2 Å². The van der Waals surface area contributed by atoms with Crippen molar-refractivity contribution in [1.29, 1.82) is 0 Å². The van der Waals surface area contributed by atoms with Crippen molar-refractivity contribution >= 4 is 23.8 Å². The first-order chi connectivity index (χ1) is 16.0. The van der Waals surface area contributed by atoms with Crippen LogP contribution in [0.3, 0.4) is 0 Å². The standard InChI is InChI=1S/C24H33NO9/c1-7-13(2)18-8-10-19(11-9-18)33-24-21(25-14(3)26)23(32-17(6)29)22(31-16(5)28)20(34-24)12-30-15(4)27/h8-11,13,20-24H,7,12H2,1-6H3,(H,25,26)/t13-,20+,21-,22-,23+,24-/m1/s1. The van der Waals surface area contributed by atoms with Gasteiger partial charge in [0.25, 0.3) is 0 Å². The van der Waals surface area contributed by atoms with Crippen molar-refractivity contribution in [2.75, 3.05) is 6.61 Å². The van der Waals surface area contributed by atoms with Gasteiger partial charge in [0, 0.05) is 27.7 Å². The Labute approximate surface area is 199 Å². The van der Waals surface area contributed by atoms with E-state index in [1.54, 1.807) is 12.1 Å². The zero-order chi connectivity index (χ0) is 25.4. The van der Waals surface area contributed by atoms with Crippen LogP contribution in [0.15, 0.2) is 24.3 Å².